The summed E-state index contributed by atoms with van der Waals surface area (Å²) < 4.78 is 5.48. The number of nitrogens with one attached hydrogen (secondary N) is 2. The Morgan fingerprint density at radius 1 is 1.38 bits per heavy atom. The second-order valence-electron chi connectivity index (χ2n) is 5.89. The molecule has 1 aliphatic carbocycles. The monoisotopic (exact) mass is 427 g/mol. The first-order valence-corrected chi connectivity index (χ1v) is 8.97. The summed E-state index contributed by atoms with van der Waals surface area (Å²) in [7, 11) is 1.86. The number of hydrogen-bond donors (Lipinski definition) is 2. The lowest BCUT2D eigenvalue weighted by molar-refractivity contribution is 0.128. The molecule has 0 aromatic carbocycles. The molecule has 1 saturated heterocycles. The predicted molar refractivity (Wildman–Crippen MR) is 103 cm³/mol. The minimum atomic E-state index is 0. The van der Waals surface area contributed by atoms with Crippen LogP contribution in [0.1, 0.15) is 39.0 Å². The first kappa shape index (κ1) is 19.4. The Hall–Kier alpha value is 0.310. The van der Waals surface area contributed by atoms with E-state index in [1.54, 1.807) is 0 Å². The van der Waals surface area contributed by atoms with E-state index in [0.29, 0.717) is 5.41 Å². The van der Waals surface area contributed by atoms with Crippen LogP contribution < -0.4 is 10.6 Å². The molecule has 0 aromatic rings. The van der Waals surface area contributed by atoms with Crippen LogP contribution >= 0.6 is 35.7 Å². The summed E-state index contributed by atoms with van der Waals surface area (Å²) in [5, 5.41) is 7.73. The fourth-order valence-corrected chi connectivity index (χ4v) is 3.83. The minimum absolute atomic E-state index is 0. The molecule has 2 fully saturated rings. The van der Waals surface area contributed by atoms with Crippen molar-refractivity contribution < 1.29 is 4.74 Å². The van der Waals surface area contributed by atoms with Crippen LogP contribution in [-0.2, 0) is 4.74 Å². The number of guanidine groups is 1. The quantitative estimate of drug-likeness (QED) is 0.271. The molecule has 1 saturated carbocycles. The van der Waals surface area contributed by atoms with Gasteiger partial charge in [-0.3, -0.25) is 4.99 Å². The van der Waals surface area contributed by atoms with Gasteiger partial charge >= 0.3 is 0 Å². The molecule has 1 aliphatic heterocycles. The first-order chi connectivity index (χ1) is 9.78. The van der Waals surface area contributed by atoms with Gasteiger partial charge in [0.25, 0.3) is 0 Å². The number of ether oxygens (including phenoxy) is 1. The predicted octanol–water partition coefficient (Wildman–Crippen LogP) is 2.87. The lowest BCUT2D eigenvalue weighted by Gasteiger charge is -2.19. The van der Waals surface area contributed by atoms with Gasteiger partial charge in [0.1, 0.15) is 0 Å². The van der Waals surface area contributed by atoms with Crippen LogP contribution in [-0.4, -0.2) is 50.3 Å². The summed E-state index contributed by atoms with van der Waals surface area (Å²) >= 11 is 2.08. The molecule has 0 bridgehead atoms. The summed E-state index contributed by atoms with van der Waals surface area (Å²) in [4.78, 5) is 4.33. The van der Waals surface area contributed by atoms with Crippen molar-refractivity contribution in [1.29, 1.82) is 0 Å². The van der Waals surface area contributed by atoms with Crippen LogP contribution in [0.3, 0.4) is 0 Å². The van der Waals surface area contributed by atoms with Crippen LogP contribution in [0.2, 0.25) is 0 Å². The zero-order valence-corrected chi connectivity index (χ0v) is 16.5. The average Bonchev–Trinajstić information content (AvgIpc) is 3.03. The minimum Gasteiger partial charge on any atom is -0.382 e. The molecule has 1 atom stereocenters. The number of hydrogen-bond acceptors (Lipinski definition) is 3. The Morgan fingerprint density at radius 2 is 2.19 bits per heavy atom. The Kier molecular flexibility index (Phi) is 9.36. The van der Waals surface area contributed by atoms with Crippen LogP contribution in [0.4, 0.5) is 0 Å². The van der Waals surface area contributed by atoms with E-state index < -0.39 is 0 Å². The second kappa shape index (κ2) is 10.2. The molecule has 0 radical (unpaired) electrons. The summed E-state index contributed by atoms with van der Waals surface area (Å²) in [5.41, 5.74) is 0.467. The van der Waals surface area contributed by atoms with Crippen molar-refractivity contribution in [3.8, 4) is 0 Å². The van der Waals surface area contributed by atoms with E-state index in [1.807, 2.05) is 7.05 Å². The Balaban J connectivity index is 0.00000220. The van der Waals surface area contributed by atoms with Crippen molar-refractivity contribution >= 4 is 41.7 Å². The highest BCUT2D eigenvalue weighted by Gasteiger charge is 2.41. The van der Waals surface area contributed by atoms with Gasteiger partial charge in [-0.2, -0.15) is 11.8 Å². The van der Waals surface area contributed by atoms with Gasteiger partial charge in [0, 0.05) is 38.6 Å². The molecule has 1 unspecified atom stereocenters. The third kappa shape index (κ3) is 6.95. The standard InChI is InChI=1S/C15H29N3OS.HI/c1-3-19-9-8-15(6-7-15)12-18-14(16-2)17-11-13-5-4-10-20-13;/h13H,3-12H2,1-2H3,(H2,16,17,18);1H. The van der Waals surface area contributed by atoms with Gasteiger partial charge in [0.2, 0.25) is 0 Å². The third-order valence-electron chi connectivity index (χ3n) is 4.31. The van der Waals surface area contributed by atoms with Crippen LogP contribution in [0.25, 0.3) is 0 Å². The number of nitrogens with zero attached hydrogens (tertiary/aromatic N) is 1. The van der Waals surface area contributed by atoms with Crippen molar-refractivity contribution in [2.75, 3.05) is 39.1 Å². The van der Waals surface area contributed by atoms with Crippen molar-refractivity contribution in [1.82, 2.24) is 10.6 Å². The topological polar surface area (TPSA) is 45.6 Å². The molecule has 1 heterocycles. The first-order valence-electron chi connectivity index (χ1n) is 7.92. The summed E-state index contributed by atoms with van der Waals surface area (Å²) in [6.07, 6.45) is 6.52. The van der Waals surface area contributed by atoms with Gasteiger partial charge in [-0.25, -0.2) is 0 Å². The molecular formula is C15H30IN3OS. The SMILES string of the molecule is CCOCCC1(CNC(=NC)NCC2CCCS2)CC1.I. The second-order valence-corrected chi connectivity index (χ2v) is 7.30. The highest BCUT2D eigenvalue weighted by atomic mass is 127. The molecule has 2 aliphatic rings. The summed E-state index contributed by atoms with van der Waals surface area (Å²) in [6, 6.07) is 0. The highest BCUT2D eigenvalue weighted by Crippen LogP contribution is 2.48. The molecule has 0 amide bonds. The maximum Gasteiger partial charge on any atom is 0.191 e. The summed E-state index contributed by atoms with van der Waals surface area (Å²) in [6.45, 7) is 5.84. The number of aliphatic imine (C=N–C) groups is 1. The lowest BCUT2D eigenvalue weighted by atomic mass is 10.0. The maximum absolute atomic E-state index is 5.48. The van der Waals surface area contributed by atoms with Gasteiger partial charge in [0.05, 0.1) is 0 Å². The molecule has 2 N–H and O–H groups in total. The van der Waals surface area contributed by atoms with Crippen molar-refractivity contribution in [2.45, 2.75) is 44.3 Å². The van der Waals surface area contributed by atoms with E-state index in [4.69, 9.17) is 4.74 Å². The van der Waals surface area contributed by atoms with Gasteiger partial charge < -0.3 is 15.4 Å². The zero-order valence-electron chi connectivity index (χ0n) is 13.3. The normalized spacial score (nSPS) is 23.5. The van der Waals surface area contributed by atoms with E-state index in [0.717, 1.165) is 37.5 Å². The molecule has 4 nitrogen and oxygen atoms in total. The van der Waals surface area contributed by atoms with E-state index in [2.05, 4.69) is 34.3 Å². The van der Waals surface area contributed by atoms with Crippen molar-refractivity contribution in [3.63, 3.8) is 0 Å². The van der Waals surface area contributed by atoms with E-state index in [-0.39, 0.29) is 24.0 Å². The van der Waals surface area contributed by atoms with E-state index in [1.165, 1.54) is 37.9 Å². The Morgan fingerprint density at radius 3 is 2.76 bits per heavy atom. The largest absolute Gasteiger partial charge is 0.382 e. The van der Waals surface area contributed by atoms with Crippen LogP contribution in [0.5, 0.6) is 0 Å². The molecule has 21 heavy (non-hydrogen) atoms. The molecular weight excluding hydrogens is 397 g/mol. The van der Waals surface area contributed by atoms with Crippen molar-refractivity contribution in [3.05, 3.63) is 0 Å². The third-order valence-corrected chi connectivity index (χ3v) is 5.71. The molecule has 0 spiro atoms. The van der Waals surface area contributed by atoms with Crippen LogP contribution in [0, 0.1) is 5.41 Å². The average molecular weight is 427 g/mol. The van der Waals surface area contributed by atoms with Gasteiger partial charge in [0.15, 0.2) is 5.96 Å². The molecule has 6 heteroatoms. The van der Waals surface area contributed by atoms with Gasteiger partial charge in [-0.1, -0.05) is 0 Å². The fourth-order valence-electron chi connectivity index (χ4n) is 2.63. The van der Waals surface area contributed by atoms with Gasteiger partial charge in [-0.15, -0.1) is 24.0 Å². The molecule has 0 aromatic heterocycles. The van der Waals surface area contributed by atoms with E-state index in [9.17, 15) is 0 Å². The van der Waals surface area contributed by atoms with Crippen molar-refractivity contribution in [2.24, 2.45) is 10.4 Å². The number of rotatable bonds is 8. The Labute approximate surface area is 150 Å². The maximum atomic E-state index is 5.48. The molecule has 124 valence electrons. The number of halogens is 1. The van der Waals surface area contributed by atoms with Crippen LogP contribution in [0.15, 0.2) is 4.99 Å². The smallest absolute Gasteiger partial charge is 0.191 e. The highest BCUT2D eigenvalue weighted by molar-refractivity contribution is 14.0. The Bertz CT molecular complexity index is 318. The zero-order chi connectivity index (χ0) is 14.3. The fraction of sp³-hybridized carbons (Fsp3) is 0.933. The lowest BCUT2D eigenvalue weighted by Crippen LogP contribution is -2.42. The number of thioether (sulfide) groups is 1. The van der Waals surface area contributed by atoms with E-state index >= 15 is 0 Å². The molecule has 2 rings (SSSR count). The van der Waals surface area contributed by atoms with Gasteiger partial charge in [-0.05, 0) is 50.2 Å². The summed E-state index contributed by atoms with van der Waals surface area (Å²) in [5.74, 6) is 2.28.